The lowest BCUT2D eigenvalue weighted by Gasteiger charge is -2.57. The zero-order valence-electron chi connectivity index (χ0n) is 10.7. The minimum Gasteiger partial charge on any atom is -0.481 e. The molecule has 1 spiro atoms. The van der Waals surface area contributed by atoms with Crippen LogP contribution in [0.1, 0.15) is 12.8 Å². The summed E-state index contributed by atoms with van der Waals surface area (Å²) in [5, 5.41) is 18.3. The SMILES string of the molecule is O=C(O)CC1(CC(=O)O)OCCOC12c1cccc2c1. The zero-order valence-corrected chi connectivity index (χ0v) is 10.7. The van der Waals surface area contributed by atoms with E-state index in [4.69, 9.17) is 9.47 Å². The van der Waals surface area contributed by atoms with Crippen LogP contribution >= 0.6 is 0 Å². The highest BCUT2D eigenvalue weighted by atomic mass is 16.6. The van der Waals surface area contributed by atoms with Gasteiger partial charge in [0.2, 0.25) is 0 Å². The van der Waals surface area contributed by atoms with Crippen LogP contribution in [0, 0.1) is 0 Å². The van der Waals surface area contributed by atoms with Gasteiger partial charge in [-0.1, -0.05) is 18.2 Å². The molecule has 2 aliphatic carbocycles. The Morgan fingerprint density at radius 2 is 1.75 bits per heavy atom. The number of rotatable bonds is 4. The molecule has 6 heteroatoms. The average Bonchev–Trinajstić information content (AvgIpc) is 2.38. The Balaban J connectivity index is 2.08. The van der Waals surface area contributed by atoms with Crippen LogP contribution in [0.5, 0.6) is 0 Å². The van der Waals surface area contributed by atoms with Crippen LogP contribution in [0.2, 0.25) is 0 Å². The largest absolute Gasteiger partial charge is 0.481 e. The Kier molecular flexibility index (Phi) is 2.81. The minimum absolute atomic E-state index is 0.187. The van der Waals surface area contributed by atoms with E-state index in [0.29, 0.717) is 6.61 Å². The Labute approximate surface area is 115 Å². The number of aliphatic carboxylic acids is 2. The highest BCUT2D eigenvalue weighted by Gasteiger charge is 2.64. The maximum absolute atomic E-state index is 11.2. The van der Waals surface area contributed by atoms with E-state index in [9.17, 15) is 19.8 Å². The third-order valence-corrected chi connectivity index (χ3v) is 3.97. The van der Waals surface area contributed by atoms with Gasteiger partial charge in [-0.15, -0.1) is 0 Å². The summed E-state index contributed by atoms with van der Waals surface area (Å²) < 4.78 is 11.5. The first-order valence-corrected chi connectivity index (χ1v) is 6.33. The van der Waals surface area contributed by atoms with Crippen LogP contribution < -0.4 is 0 Å². The van der Waals surface area contributed by atoms with Gasteiger partial charge in [0.15, 0.2) is 0 Å². The lowest BCUT2D eigenvalue weighted by molar-refractivity contribution is -0.240. The van der Waals surface area contributed by atoms with Crippen molar-refractivity contribution in [3.8, 4) is 0 Å². The molecule has 1 fully saturated rings. The summed E-state index contributed by atoms with van der Waals surface area (Å²) in [5.41, 5.74) is -0.908. The highest BCUT2D eigenvalue weighted by molar-refractivity contribution is 5.77. The van der Waals surface area contributed by atoms with Crippen molar-refractivity contribution in [3.05, 3.63) is 35.5 Å². The van der Waals surface area contributed by atoms with Gasteiger partial charge in [-0.25, -0.2) is 0 Å². The molecule has 1 aliphatic heterocycles. The Morgan fingerprint density at radius 1 is 1.10 bits per heavy atom. The van der Waals surface area contributed by atoms with Gasteiger partial charge in [-0.2, -0.15) is 0 Å². The molecule has 0 amide bonds. The fourth-order valence-corrected chi connectivity index (χ4v) is 3.31. The molecule has 106 valence electrons. The Morgan fingerprint density at radius 3 is 2.25 bits per heavy atom. The van der Waals surface area contributed by atoms with Gasteiger partial charge in [-0.05, 0) is 17.2 Å². The molecule has 0 aromatic rings. The molecule has 3 aliphatic rings. The van der Waals surface area contributed by atoms with Crippen LogP contribution in [0.25, 0.3) is 0 Å². The first-order chi connectivity index (χ1) is 9.50. The van der Waals surface area contributed by atoms with Gasteiger partial charge < -0.3 is 19.7 Å². The van der Waals surface area contributed by atoms with Crippen molar-refractivity contribution in [2.24, 2.45) is 0 Å². The number of carbonyl (C=O) groups is 2. The quantitative estimate of drug-likeness (QED) is 0.793. The average molecular weight is 278 g/mol. The molecule has 2 bridgehead atoms. The van der Waals surface area contributed by atoms with Crippen LogP contribution in [-0.4, -0.2) is 46.6 Å². The van der Waals surface area contributed by atoms with Crippen molar-refractivity contribution in [1.82, 2.24) is 0 Å². The second-order valence-corrected chi connectivity index (χ2v) is 5.09. The third-order valence-electron chi connectivity index (χ3n) is 3.97. The van der Waals surface area contributed by atoms with Crippen LogP contribution in [0.3, 0.4) is 0 Å². The molecule has 2 N–H and O–H groups in total. The summed E-state index contributed by atoms with van der Waals surface area (Å²) in [6.45, 7) is 0.496. The van der Waals surface area contributed by atoms with E-state index in [1.165, 1.54) is 0 Å². The van der Waals surface area contributed by atoms with Crippen molar-refractivity contribution in [2.75, 3.05) is 13.2 Å². The van der Waals surface area contributed by atoms with Crippen LogP contribution in [0.15, 0.2) is 35.5 Å². The molecule has 1 atom stereocenters. The number of carboxylic acid groups (broad SMARTS) is 2. The maximum atomic E-state index is 11.2. The van der Waals surface area contributed by atoms with E-state index in [-0.39, 0.29) is 6.61 Å². The normalized spacial score (nSPS) is 29.4. The predicted molar refractivity (Wildman–Crippen MR) is 67.2 cm³/mol. The van der Waals surface area contributed by atoms with E-state index in [0.717, 1.165) is 11.1 Å². The number of carboxylic acids is 2. The molecular formula is C14H14O6. The van der Waals surface area contributed by atoms with E-state index in [1.54, 1.807) is 12.2 Å². The Hall–Kier alpha value is -1.92. The molecule has 20 heavy (non-hydrogen) atoms. The lowest BCUT2D eigenvalue weighted by atomic mass is 9.60. The van der Waals surface area contributed by atoms with Crippen LogP contribution in [-0.2, 0) is 19.1 Å². The van der Waals surface area contributed by atoms with Gasteiger partial charge in [-0.3, -0.25) is 9.59 Å². The molecule has 0 saturated carbocycles. The second-order valence-electron chi connectivity index (χ2n) is 5.09. The molecule has 6 nitrogen and oxygen atoms in total. The summed E-state index contributed by atoms with van der Waals surface area (Å²) in [6, 6.07) is 0. The molecule has 1 saturated heterocycles. The summed E-state index contributed by atoms with van der Waals surface area (Å²) >= 11 is 0. The van der Waals surface area contributed by atoms with Crippen molar-refractivity contribution in [1.29, 1.82) is 0 Å². The molecule has 0 aromatic carbocycles. The Bertz CT molecular complexity index is 541. The second kappa shape index (κ2) is 4.29. The summed E-state index contributed by atoms with van der Waals surface area (Å²) in [5.74, 6) is -2.21. The maximum Gasteiger partial charge on any atom is 0.306 e. The molecule has 3 rings (SSSR count). The zero-order chi connectivity index (χ0) is 14.4. The van der Waals surface area contributed by atoms with Crippen molar-refractivity contribution >= 4 is 11.9 Å². The molecule has 1 heterocycles. The smallest absolute Gasteiger partial charge is 0.306 e. The van der Waals surface area contributed by atoms with Gasteiger partial charge >= 0.3 is 11.9 Å². The predicted octanol–water partition coefficient (Wildman–Crippen LogP) is 0.896. The van der Waals surface area contributed by atoms with Gasteiger partial charge in [0.05, 0.1) is 26.1 Å². The van der Waals surface area contributed by atoms with Crippen molar-refractivity contribution in [3.63, 3.8) is 0 Å². The highest BCUT2D eigenvalue weighted by Crippen LogP contribution is 2.56. The molecule has 0 radical (unpaired) electrons. The first kappa shape index (κ1) is 13.1. The molecule has 0 aromatic heterocycles. The number of hydrogen-bond acceptors (Lipinski definition) is 4. The van der Waals surface area contributed by atoms with Crippen LogP contribution in [0.4, 0.5) is 0 Å². The summed E-state index contributed by atoms with van der Waals surface area (Å²) in [7, 11) is 0. The molecular weight excluding hydrogens is 264 g/mol. The van der Waals surface area contributed by atoms with Gasteiger partial charge in [0.25, 0.3) is 0 Å². The van der Waals surface area contributed by atoms with E-state index < -0.39 is 36.0 Å². The third kappa shape index (κ3) is 1.58. The van der Waals surface area contributed by atoms with Crippen molar-refractivity contribution in [2.45, 2.75) is 24.0 Å². The lowest BCUT2D eigenvalue weighted by Crippen LogP contribution is -2.67. The standard InChI is InChI=1S/C14H14O6/c15-11(16)7-13(8-12(17)18)14(20-5-4-19-13)9-2-1-3-10(14)6-9/h1-3,6H,4-5,7-8H2,(H,15,16)(H,17,18). The van der Waals surface area contributed by atoms with Gasteiger partial charge in [0, 0.05) is 0 Å². The topological polar surface area (TPSA) is 93.1 Å². The fraction of sp³-hybridized carbons (Fsp3) is 0.429. The number of hydrogen-bond donors (Lipinski definition) is 2. The summed E-state index contributed by atoms with van der Waals surface area (Å²) in [6.07, 6.45) is 6.48. The molecule has 1 unspecified atom stereocenters. The minimum atomic E-state index is -1.40. The van der Waals surface area contributed by atoms with E-state index in [2.05, 4.69) is 0 Å². The van der Waals surface area contributed by atoms with Crippen molar-refractivity contribution < 1.29 is 29.3 Å². The van der Waals surface area contributed by atoms with E-state index in [1.807, 2.05) is 12.2 Å². The fourth-order valence-electron chi connectivity index (χ4n) is 3.31. The monoisotopic (exact) mass is 278 g/mol. The number of ether oxygens (including phenoxy) is 2. The van der Waals surface area contributed by atoms with E-state index >= 15 is 0 Å². The first-order valence-electron chi connectivity index (χ1n) is 6.33. The van der Waals surface area contributed by atoms with Gasteiger partial charge in [0.1, 0.15) is 11.2 Å². The summed E-state index contributed by atoms with van der Waals surface area (Å²) in [4.78, 5) is 22.4. The number of allylic oxidation sites excluding steroid dienone is 2.